The minimum atomic E-state index is -0.116. The Labute approximate surface area is 239 Å². The minimum absolute atomic E-state index is 0.114. The fourth-order valence-electron chi connectivity index (χ4n) is 5.35. The first-order chi connectivity index (χ1) is 18.9. The third kappa shape index (κ3) is 14.6. The molecule has 0 radical (unpaired) electrons. The van der Waals surface area contributed by atoms with Crippen LogP contribution in [0.5, 0.6) is 5.75 Å². The molecule has 2 aromatic rings. The Morgan fingerprint density at radius 3 is 1.97 bits per heavy atom. The normalized spacial score (nSPS) is 12.3. The third-order valence-electron chi connectivity index (χ3n) is 7.60. The average Bonchev–Trinajstić information content (AvgIpc) is 2.93. The van der Waals surface area contributed by atoms with Gasteiger partial charge in [-0.05, 0) is 30.9 Å². The van der Waals surface area contributed by atoms with Crippen molar-refractivity contribution < 1.29 is 18.8 Å². The van der Waals surface area contributed by atoms with Gasteiger partial charge in [0.15, 0.2) is 0 Å². The SMILES string of the molecule is CCCCCCCCCCCCCc1ccccc1OCCOC(=O)C(CC)C[N+](C)(C)Cc1ccccc1. The van der Waals surface area contributed by atoms with Crippen LogP contribution < -0.4 is 4.74 Å². The minimum Gasteiger partial charge on any atom is -0.490 e. The number of quaternary nitrogens is 1. The zero-order valence-electron chi connectivity index (χ0n) is 25.5. The smallest absolute Gasteiger partial charge is 0.314 e. The van der Waals surface area contributed by atoms with Crippen molar-refractivity contribution in [2.45, 2.75) is 104 Å². The number of benzene rings is 2. The van der Waals surface area contributed by atoms with Gasteiger partial charge in [-0.2, -0.15) is 0 Å². The quantitative estimate of drug-likeness (QED) is 0.0854. The molecule has 0 aromatic heterocycles. The Hall–Kier alpha value is -2.33. The number of esters is 1. The summed E-state index contributed by atoms with van der Waals surface area (Å²) >= 11 is 0. The van der Waals surface area contributed by atoms with E-state index in [-0.39, 0.29) is 18.5 Å². The van der Waals surface area contributed by atoms with Gasteiger partial charge < -0.3 is 14.0 Å². The summed E-state index contributed by atoms with van der Waals surface area (Å²) in [6.45, 7) is 6.67. The number of aryl methyl sites for hydroxylation is 1. The Morgan fingerprint density at radius 2 is 1.33 bits per heavy atom. The fraction of sp³-hybridized carbons (Fsp3) is 0.629. The van der Waals surface area contributed by atoms with E-state index in [1.165, 1.54) is 81.8 Å². The first-order valence-electron chi connectivity index (χ1n) is 15.7. The number of carbonyl (C=O) groups is 1. The molecule has 0 N–H and O–H groups in total. The van der Waals surface area contributed by atoms with E-state index in [4.69, 9.17) is 9.47 Å². The van der Waals surface area contributed by atoms with Gasteiger partial charge in [0, 0.05) is 5.56 Å². The maximum Gasteiger partial charge on any atom is 0.314 e. The molecular formula is C35H56NO3+. The molecule has 0 spiro atoms. The van der Waals surface area contributed by atoms with Crippen LogP contribution in [0.15, 0.2) is 54.6 Å². The van der Waals surface area contributed by atoms with Gasteiger partial charge in [0.25, 0.3) is 0 Å². The van der Waals surface area contributed by atoms with Gasteiger partial charge in [0.05, 0.1) is 20.6 Å². The molecule has 0 heterocycles. The molecule has 0 saturated heterocycles. The van der Waals surface area contributed by atoms with Gasteiger partial charge in [-0.25, -0.2) is 0 Å². The Bertz CT molecular complexity index is 896. The van der Waals surface area contributed by atoms with E-state index in [0.29, 0.717) is 6.61 Å². The molecule has 0 saturated carbocycles. The monoisotopic (exact) mass is 538 g/mol. The summed E-state index contributed by atoms with van der Waals surface area (Å²) in [7, 11) is 4.36. The third-order valence-corrected chi connectivity index (χ3v) is 7.60. The molecule has 4 nitrogen and oxygen atoms in total. The maximum atomic E-state index is 12.8. The molecule has 0 amide bonds. The van der Waals surface area contributed by atoms with Gasteiger partial charge in [0.2, 0.25) is 0 Å². The number of carbonyl (C=O) groups excluding carboxylic acids is 1. The number of hydrogen-bond acceptors (Lipinski definition) is 3. The van der Waals surface area contributed by atoms with Crippen LogP contribution in [-0.2, 0) is 22.5 Å². The second kappa shape index (κ2) is 19.7. The highest BCUT2D eigenvalue weighted by molar-refractivity contribution is 5.72. The van der Waals surface area contributed by atoms with E-state index < -0.39 is 0 Å². The maximum absolute atomic E-state index is 12.8. The summed E-state index contributed by atoms with van der Waals surface area (Å²) in [6.07, 6.45) is 16.7. The van der Waals surface area contributed by atoms with E-state index in [1.54, 1.807) is 0 Å². The van der Waals surface area contributed by atoms with E-state index in [9.17, 15) is 4.79 Å². The number of para-hydroxylation sites is 1. The van der Waals surface area contributed by atoms with Crippen molar-refractivity contribution in [2.24, 2.45) is 5.92 Å². The number of ether oxygens (including phenoxy) is 2. The summed E-state index contributed by atoms with van der Waals surface area (Å²) in [5.74, 6) is 0.694. The largest absolute Gasteiger partial charge is 0.490 e. The van der Waals surface area contributed by atoms with Crippen LogP contribution in [0.3, 0.4) is 0 Å². The van der Waals surface area contributed by atoms with Gasteiger partial charge in [-0.1, -0.05) is 127 Å². The van der Waals surface area contributed by atoms with Crippen LogP contribution in [-0.4, -0.2) is 44.3 Å². The summed E-state index contributed by atoms with van der Waals surface area (Å²) < 4.78 is 12.5. The first-order valence-corrected chi connectivity index (χ1v) is 15.7. The molecule has 39 heavy (non-hydrogen) atoms. The highest BCUT2D eigenvalue weighted by Gasteiger charge is 2.28. The zero-order valence-corrected chi connectivity index (χ0v) is 25.5. The molecule has 4 heteroatoms. The van der Waals surface area contributed by atoms with Crippen molar-refractivity contribution >= 4 is 5.97 Å². The van der Waals surface area contributed by atoms with Crippen molar-refractivity contribution in [3.63, 3.8) is 0 Å². The number of unbranched alkanes of at least 4 members (excludes halogenated alkanes) is 10. The van der Waals surface area contributed by atoms with E-state index in [1.807, 2.05) is 18.2 Å². The van der Waals surface area contributed by atoms with Crippen molar-refractivity contribution in [3.8, 4) is 5.75 Å². The zero-order chi connectivity index (χ0) is 28.2. The summed E-state index contributed by atoms with van der Waals surface area (Å²) in [6, 6.07) is 18.8. The van der Waals surface area contributed by atoms with Crippen molar-refractivity contribution in [2.75, 3.05) is 33.9 Å². The van der Waals surface area contributed by atoms with Crippen molar-refractivity contribution in [3.05, 3.63) is 65.7 Å². The first kappa shape index (κ1) is 32.9. The standard InChI is InChI=1S/C35H56NO3/c1-5-7-8-9-10-11-12-13-14-15-19-24-33-25-20-21-26-34(33)38-27-28-39-35(37)32(6-2)30-36(3,4)29-31-22-17-16-18-23-31/h16-18,20-23,25-26,32H,5-15,19,24,27-30H2,1-4H3/q+1. The highest BCUT2D eigenvalue weighted by Crippen LogP contribution is 2.21. The second-order valence-electron chi connectivity index (χ2n) is 11.8. The van der Waals surface area contributed by atoms with E-state index in [2.05, 4.69) is 64.3 Å². The van der Waals surface area contributed by atoms with E-state index >= 15 is 0 Å². The number of hydrogen-bond donors (Lipinski definition) is 0. The predicted molar refractivity (Wildman–Crippen MR) is 164 cm³/mol. The van der Waals surface area contributed by atoms with Crippen LogP contribution in [0.1, 0.15) is 102 Å². The van der Waals surface area contributed by atoms with Gasteiger partial charge in [-0.3, -0.25) is 4.79 Å². The fourth-order valence-corrected chi connectivity index (χ4v) is 5.35. The molecule has 2 rings (SSSR count). The lowest BCUT2D eigenvalue weighted by atomic mass is 10.0. The molecule has 1 atom stereocenters. The molecule has 0 aliphatic carbocycles. The number of rotatable bonds is 22. The lowest BCUT2D eigenvalue weighted by molar-refractivity contribution is -0.906. The summed E-state index contributed by atoms with van der Waals surface area (Å²) in [4.78, 5) is 12.8. The van der Waals surface area contributed by atoms with Crippen molar-refractivity contribution in [1.82, 2.24) is 0 Å². The van der Waals surface area contributed by atoms with Gasteiger partial charge in [0.1, 0.15) is 31.4 Å². The average molecular weight is 539 g/mol. The lowest BCUT2D eigenvalue weighted by Crippen LogP contribution is -2.44. The summed E-state index contributed by atoms with van der Waals surface area (Å²) in [5.41, 5.74) is 2.54. The molecular weight excluding hydrogens is 482 g/mol. The topological polar surface area (TPSA) is 35.5 Å². The second-order valence-corrected chi connectivity index (χ2v) is 11.8. The lowest BCUT2D eigenvalue weighted by Gasteiger charge is -2.32. The molecule has 0 fully saturated rings. The Kier molecular flexibility index (Phi) is 16.6. The van der Waals surface area contributed by atoms with E-state index in [0.717, 1.165) is 36.2 Å². The van der Waals surface area contributed by atoms with Crippen LogP contribution in [0.2, 0.25) is 0 Å². The van der Waals surface area contributed by atoms with Gasteiger partial charge >= 0.3 is 5.97 Å². The molecule has 218 valence electrons. The van der Waals surface area contributed by atoms with Crippen molar-refractivity contribution in [1.29, 1.82) is 0 Å². The number of nitrogens with zero attached hydrogens (tertiary/aromatic N) is 1. The molecule has 2 aromatic carbocycles. The van der Waals surface area contributed by atoms with Gasteiger partial charge in [-0.15, -0.1) is 0 Å². The van der Waals surface area contributed by atoms with Crippen LogP contribution >= 0.6 is 0 Å². The highest BCUT2D eigenvalue weighted by atomic mass is 16.6. The molecule has 0 aliphatic heterocycles. The Morgan fingerprint density at radius 1 is 0.744 bits per heavy atom. The molecule has 1 unspecified atom stereocenters. The summed E-state index contributed by atoms with van der Waals surface area (Å²) in [5, 5.41) is 0. The predicted octanol–water partition coefficient (Wildman–Crippen LogP) is 8.76. The van der Waals surface area contributed by atoms with Crippen LogP contribution in [0.4, 0.5) is 0 Å². The van der Waals surface area contributed by atoms with Crippen LogP contribution in [0.25, 0.3) is 0 Å². The van der Waals surface area contributed by atoms with Crippen LogP contribution in [0, 0.1) is 5.92 Å². The Balaban J connectivity index is 1.64. The molecule has 0 bridgehead atoms. The molecule has 0 aliphatic rings.